The highest BCUT2D eigenvalue weighted by atomic mass is 16.5. The quantitative estimate of drug-likeness (QED) is 0.533. The van der Waals surface area contributed by atoms with Crippen LogP contribution < -0.4 is 0 Å². The van der Waals surface area contributed by atoms with Gasteiger partial charge in [0.25, 0.3) is 0 Å². The smallest absolute Gasteiger partial charge is 0.123 e. The van der Waals surface area contributed by atoms with E-state index in [1.807, 2.05) is 0 Å². The Labute approximate surface area is 66.9 Å². The van der Waals surface area contributed by atoms with Gasteiger partial charge in [-0.15, -0.1) is 0 Å². The predicted octanol–water partition coefficient (Wildman–Crippen LogP) is 1.39. The van der Waals surface area contributed by atoms with Crippen molar-refractivity contribution in [2.45, 2.75) is 25.7 Å². The molecule has 62 valence electrons. The molecule has 2 aliphatic rings. The van der Waals surface area contributed by atoms with Crippen molar-refractivity contribution in [3.8, 4) is 0 Å². The fraction of sp³-hybridized carbons (Fsp3) is 0.889. The fourth-order valence-electron chi connectivity index (χ4n) is 2.33. The maximum absolute atomic E-state index is 10.6. The van der Waals surface area contributed by atoms with E-state index in [2.05, 4.69) is 0 Å². The van der Waals surface area contributed by atoms with E-state index in [4.69, 9.17) is 4.74 Å². The molecule has 2 nitrogen and oxygen atoms in total. The lowest BCUT2D eigenvalue weighted by Gasteiger charge is -2.49. The lowest BCUT2D eigenvalue weighted by Crippen LogP contribution is -2.45. The van der Waals surface area contributed by atoms with E-state index < -0.39 is 0 Å². The Morgan fingerprint density at radius 1 is 1.27 bits per heavy atom. The number of carbonyl (C=O) groups is 1. The molecule has 2 heteroatoms. The van der Waals surface area contributed by atoms with Gasteiger partial charge in [0.1, 0.15) is 6.29 Å². The molecule has 0 aromatic rings. The van der Waals surface area contributed by atoms with Gasteiger partial charge in [-0.2, -0.15) is 0 Å². The molecule has 1 atom stereocenters. The van der Waals surface area contributed by atoms with Crippen LogP contribution in [0.25, 0.3) is 0 Å². The third-order valence-electron chi connectivity index (χ3n) is 3.39. The topological polar surface area (TPSA) is 26.3 Å². The van der Waals surface area contributed by atoms with Gasteiger partial charge in [0.15, 0.2) is 0 Å². The van der Waals surface area contributed by atoms with E-state index in [0.717, 1.165) is 38.8 Å². The van der Waals surface area contributed by atoms with Crippen LogP contribution in [-0.4, -0.2) is 19.5 Å². The van der Waals surface area contributed by atoms with Crippen LogP contribution in [0.2, 0.25) is 0 Å². The molecule has 0 radical (unpaired) electrons. The Hall–Kier alpha value is -0.370. The number of hydrogen-bond donors (Lipinski definition) is 0. The van der Waals surface area contributed by atoms with Crippen LogP contribution in [0, 0.1) is 11.3 Å². The van der Waals surface area contributed by atoms with Crippen LogP contribution in [0.3, 0.4) is 0 Å². The summed E-state index contributed by atoms with van der Waals surface area (Å²) in [4.78, 5) is 10.6. The minimum Gasteiger partial charge on any atom is -0.381 e. The maximum Gasteiger partial charge on any atom is 0.123 e. The van der Waals surface area contributed by atoms with Gasteiger partial charge in [0.05, 0.1) is 0 Å². The van der Waals surface area contributed by atoms with Gasteiger partial charge in [0, 0.05) is 19.1 Å². The average Bonchev–Trinajstić information content (AvgIpc) is 2.05. The zero-order valence-corrected chi connectivity index (χ0v) is 6.71. The first-order valence-corrected chi connectivity index (χ1v) is 4.40. The normalized spacial score (nSPS) is 34.7. The highest BCUT2D eigenvalue weighted by Gasteiger charge is 2.46. The second kappa shape index (κ2) is 2.59. The van der Waals surface area contributed by atoms with Gasteiger partial charge < -0.3 is 9.53 Å². The molecular weight excluding hydrogens is 140 g/mol. The largest absolute Gasteiger partial charge is 0.381 e. The van der Waals surface area contributed by atoms with Crippen molar-refractivity contribution in [2.75, 3.05) is 13.2 Å². The second-order valence-electron chi connectivity index (χ2n) is 3.76. The third-order valence-corrected chi connectivity index (χ3v) is 3.39. The second-order valence-corrected chi connectivity index (χ2v) is 3.76. The molecule has 2 fully saturated rings. The maximum atomic E-state index is 10.6. The zero-order valence-electron chi connectivity index (χ0n) is 6.71. The molecule has 0 bridgehead atoms. The van der Waals surface area contributed by atoms with E-state index in [0.29, 0.717) is 11.3 Å². The summed E-state index contributed by atoms with van der Waals surface area (Å²) in [5, 5.41) is 0. The summed E-state index contributed by atoms with van der Waals surface area (Å²) in [5.41, 5.74) is 0.375. The van der Waals surface area contributed by atoms with Gasteiger partial charge in [0.2, 0.25) is 0 Å². The highest BCUT2D eigenvalue weighted by Crippen LogP contribution is 2.52. The van der Waals surface area contributed by atoms with Crippen molar-refractivity contribution in [3.05, 3.63) is 0 Å². The van der Waals surface area contributed by atoms with Gasteiger partial charge in [-0.05, 0) is 31.1 Å². The molecule has 11 heavy (non-hydrogen) atoms. The van der Waals surface area contributed by atoms with Crippen LogP contribution in [-0.2, 0) is 9.53 Å². The molecular formula is C9H14O2. The molecule has 1 saturated heterocycles. The van der Waals surface area contributed by atoms with Crippen molar-refractivity contribution in [1.29, 1.82) is 0 Å². The van der Waals surface area contributed by atoms with Crippen LogP contribution in [0.5, 0.6) is 0 Å². The number of rotatable bonds is 1. The fourth-order valence-corrected chi connectivity index (χ4v) is 2.33. The first-order chi connectivity index (χ1) is 5.37. The summed E-state index contributed by atoms with van der Waals surface area (Å²) >= 11 is 0. The number of aldehydes is 1. The van der Waals surface area contributed by atoms with E-state index >= 15 is 0 Å². The minimum absolute atomic E-state index is 0.353. The Bertz CT molecular complexity index is 159. The molecule has 0 N–H and O–H groups in total. The Morgan fingerprint density at radius 3 is 2.45 bits per heavy atom. The monoisotopic (exact) mass is 154 g/mol. The highest BCUT2D eigenvalue weighted by molar-refractivity contribution is 5.57. The molecule has 0 unspecified atom stereocenters. The summed E-state index contributed by atoms with van der Waals surface area (Å²) in [7, 11) is 0. The van der Waals surface area contributed by atoms with Gasteiger partial charge in [-0.25, -0.2) is 0 Å². The molecule has 1 spiro atoms. The van der Waals surface area contributed by atoms with Crippen molar-refractivity contribution in [2.24, 2.45) is 11.3 Å². The summed E-state index contributed by atoms with van der Waals surface area (Å²) in [6.07, 6.45) is 5.73. The number of ether oxygens (including phenoxy) is 1. The van der Waals surface area contributed by atoms with Crippen molar-refractivity contribution in [3.63, 3.8) is 0 Å². The van der Waals surface area contributed by atoms with Gasteiger partial charge in [-0.3, -0.25) is 0 Å². The molecule has 1 aliphatic heterocycles. The van der Waals surface area contributed by atoms with Crippen LogP contribution in [0.4, 0.5) is 0 Å². The molecule has 0 aromatic carbocycles. The van der Waals surface area contributed by atoms with Gasteiger partial charge in [-0.1, -0.05) is 0 Å². The standard InChI is InChI=1S/C9H14O2/c10-7-8-1-2-9(8)3-5-11-6-4-9/h7-8H,1-6H2/t8-/m0/s1. The van der Waals surface area contributed by atoms with Gasteiger partial charge >= 0.3 is 0 Å². The summed E-state index contributed by atoms with van der Waals surface area (Å²) < 4.78 is 5.28. The lowest BCUT2D eigenvalue weighted by atomic mass is 9.57. The van der Waals surface area contributed by atoms with E-state index in [9.17, 15) is 4.79 Å². The third kappa shape index (κ3) is 1.00. The van der Waals surface area contributed by atoms with Crippen molar-refractivity contribution >= 4 is 6.29 Å². The van der Waals surface area contributed by atoms with Crippen molar-refractivity contribution < 1.29 is 9.53 Å². The lowest BCUT2D eigenvalue weighted by molar-refractivity contribution is -0.129. The van der Waals surface area contributed by atoms with E-state index in [1.165, 1.54) is 6.42 Å². The number of hydrogen-bond acceptors (Lipinski definition) is 2. The summed E-state index contributed by atoms with van der Waals surface area (Å²) in [6, 6.07) is 0. The molecule has 0 amide bonds. The molecule has 0 aromatic heterocycles. The summed E-state index contributed by atoms with van der Waals surface area (Å²) in [6.45, 7) is 1.73. The average molecular weight is 154 g/mol. The van der Waals surface area contributed by atoms with E-state index in [1.54, 1.807) is 0 Å². The molecule has 1 saturated carbocycles. The predicted molar refractivity (Wildman–Crippen MR) is 41.3 cm³/mol. The molecule has 2 rings (SSSR count). The van der Waals surface area contributed by atoms with Crippen molar-refractivity contribution in [1.82, 2.24) is 0 Å². The first kappa shape index (κ1) is 7.29. The molecule has 1 heterocycles. The SMILES string of the molecule is O=C[C@@H]1CCC12CCOCC2. The van der Waals surface area contributed by atoms with Crippen LogP contribution in [0.1, 0.15) is 25.7 Å². The molecule has 1 aliphatic carbocycles. The Morgan fingerprint density at radius 2 is 2.00 bits per heavy atom. The minimum atomic E-state index is 0.353. The Balaban J connectivity index is 2.02. The summed E-state index contributed by atoms with van der Waals surface area (Å²) in [5.74, 6) is 0.353. The Kier molecular flexibility index (Phi) is 1.72. The zero-order chi connectivity index (χ0) is 7.73. The van der Waals surface area contributed by atoms with Crippen LogP contribution >= 0.6 is 0 Å². The van der Waals surface area contributed by atoms with E-state index in [-0.39, 0.29) is 0 Å². The number of carbonyl (C=O) groups excluding carboxylic acids is 1. The first-order valence-electron chi connectivity index (χ1n) is 4.40. The van der Waals surface area contributed by atoms with Crippen LogP contribution in [0.15, 0.2) is 0 Å².